The van der Waals surface area contributed by atoms with Gasteiger partial charge in [-0.15, -0.1) is 0 Å². The number of rotatable bonds is 4. The zero-order chi connectivity index (χ0) is 18.7. The molecule has 0 aliphatic carbocycles. The van der Waals surface area contributed by atoms with Gasteiger partial charge in [-0.3, -0.25) is 0 Å². The van der Waals surface area contributed by atoms with Crippen LogP contribution in [0.2, 0.25) is 0 Å². The Hall–Kier alpha value is -1.99. The number of ether oxygens (including phenoxy) is 2. The van der Waals surface area contributed by atoms with E-state index in [2.05, 4.69) is 29.8 Å². The van der Waals surface area contributed by atoms with Crippen LogP contribution < -0.4 is 29.9 Å². The Morgan fingerprint density at radius 1 is 1.15 bits per heavy atom. The highest BCUT2D eigenvalue weighted by molar-refractivity contribution is 5.74. The van der Waals surface area contributed by atoms with Crippen LogP contribution in [0, 0.1) is 0 Å². The van der Waals surface area contributed by atoms with E-state index in [0.29, 0.717) is 6.54 Å². The predicted molar refractivity (Wildman–Crippen MR) is 98.9 cm³/mol. The summed E-state index contributed by atoms with van der Waals surface area (Å²) in [7, 11) is 2.24. The number of hydrogen-bond donors (Lipinski definition) is 4. The summed E-state index contributed by atoms with van der Waals surface area (Å²) in [5, 5.41) is 6.03. The highest BCUT2D eigenvalue weighted by Gasteiger charge is 2.31. The highest BCUT2D eigenvalue weighted by Crippen LogP contribution is 2.33. The third-order valence-corrected chi connectivity index (χ3v) is 4.99. The van der Waals surface area contributed by atoms with Crippen molar-refractivity contribution in [2.24, 2.45) is 0 Å². The number of piperazine rings is 1. The van der Waals surface area contributed by atoms with Crippen molar-refractivity contribution >= 4 is 6.03 Å². The van der Waals surface area contributed by atoms with Gasteiger partial charge < -0.3 is 29.9 Å². The smallest absolute Gasteiger partial charge is 0.315 e. The van der Waals surface area contributed by atoms with Crippen LogP contribution in [0.4, 0.5) is 4.79 Å². The summed E-state index contributed by atoms with van der Waals surface area (Å²) in [6.45, 7) is 11.3. The van der Waals surface area contributed by atoms with E-state index in [1.165, 1.54) is 10.5 Å². The summed E-state index contributed by atoms with van der Waals surface area (Å²) >= 11 is 0. The van der Waals surface area contributed by atoms with Crippen LogP contribution in [0.3, 0.4) is 0 Å². The highest BCUT2D eigenvalue weighted by atomic mass is 16.7. The van der Waals surface area contributed by atoms with E-state index < -0.39 is 0 Å². The molecule has 2 aliphatic rings. The van der Waals surface area contributed by atoms with Crippen molar-refractivity contribution in [1.82, 2.24) is 10.6 Å². The largest absolute Gasteiger partial charge is 0.454 e. The molecule has 4 N–H and O–H groups in total. The van der Waals surface area contributed by atoms with Crippen LogP contribution in [0.25, 0.3) is 0 Å². The summed E-state index contributed by atoms with van der Waals surface area (Å²) < 4.78 is 11.0. The number of urea groups is 1. The molecule has 1 saturated heterocycles. The first-order valence-electron chi connectivity index (χ1n) is 9.43. The van der Waals surface area contributed by atoms with Crippen molar-refractivity contribution in [3.63, 3.8) is 0 Å². The molecule has 0 spiro atoms. The van der Waals surface area contributed by atoms with Gasteiger partial charge in [0.25, 0.3) is 0 Å². The fraction of sp³-hybridized carbons (Fsp3) is 0.632. The first-order valence-corrected chi connectivity index (χ1v) is 9.43. The molecule has 26 heavy (non-hydrogen) atoms. The fourth-order valence-electron chi connectivity index (χ4n) is 3.55. The van der Waals surface area contributed by atoms with Gasteiger partial charge in [0.2, 0.25) is 6.79 Å². The maximum Gasteiger partial charge on any atom is 0.315 e. The van der Waals surface area contributed by atoms with Crippen molar-refractivity contribution in [2.45, 2.75) is 32.4 Å². The zero-order valence-electron chi connectivity index (χ0n) is 16.3. The molecule has 144 valence electrons. The molecule has 1 aromatic rings. The first kappa shape index (κ1) is 18.8. The number of fused-ring (bicyclic) bond motifs is 1. The van der Waals surface area contributed by atoms with Gasteiger partial charge in [-0.2, -0.15) is 0 Å². The molecule has 0 bridgehead atoms. The second-order valence-corrected chi connectivity index (χ2v) is 8.37. The Morgan fingerprint density at radius 2 is 1.85 bits per heavy atom. The molecule has 7 heteroatoms. The lowest BCUT2D eigenvalue weighted by Gasteiger charge is -2.34. The molecule has 2 heterocycles. The molecule has 3 rings (SSSR count). The Bertz CT molecular complexity index is 636. The Kier molecular flexibility index (Phi) is 5.58. The van der Waals surface area contributed by atoms with E-state index in [-0.39, 0.29) is 24.4 Å². The second kappa shape index (κ2) is 7.72. The molecule has 2 aliphatic heterocycles. The molecular weight excluding hydrogens is 332 g/mol. The van der Waals surface area contributed by atoms with Gasteiger partial charge >= 0.3 is 6.03 Å². The summed E-state index contributed by atoms with van der Waals surface area (Å²) in [6.07, 6.45) is 0. The maximum atomic E-state index is 12.2. The van der Waals surface area contributed by atoms with Gasteiger partial charge in [0.05, 0.1) is 13.6 Å². The first-order chi connectivity index (χ1) is 12.3. The average molecular weight is 364 g/mol. The van der Waals surface area contributed by atoms with Crippen molar-refractivity contribution in [2.75, 3.05) is 46.6 Å². The number of carbonyl (C=O) groups excluding carboxylic acids is 1. The Labute approximate surface area is 155 Å². The van der Waals surface area contributed by atoms with Crippen LogP contribution in [0.5, 0.6) is 11.5 Å². The molecule has 0 saturated carbocycles. The Morgan fingerprint density at radius 3 is 2.54 bits per heavy atom. The lowest BCUT2D eigenvalue weighted by Crippen LogP contribution is -3.27. The lowest BCUT2D eigenvalue weighted by atomic mass is 10.0. The fourth-order valence-corrected chi connectivity index (χ4v) is 3.55. The number of benzene rings is 1. The van der Waals surface area contributed by atoms with Crippen molar-refractivity contribution in [1.29, 1.82) is 0 Å². The number of likely N-dealkylation sites (N-methyl/N-ethyl adjacent to an activating group) is 1. The minimum Gasteiger partial charge on any atom is -0.454 e. The molecule has 1 atom stereocenters. The van der Waals surface area contributed by atoms with Crippen LogP contribution in [0.1, 0.15) is 32.4 Å². The molecule has 7 nitrogen and oxygen atoms in total. The van der Waals surface area contributed by atoms with Crippen molar-refractivity contribution in [3.05, 3.63) is 23.8 Å². The number of hydrogen-bond acceptors (Lipinski definition) is 3. The molecule has 1 aromatic carbocycles. The molecular formula is C19H32N4O3+2. The van der Waals surface area contributed by atoms with E-state index in [9.17, 15) is 4.79 Å². The average Bonchev–Trinajstić information content (AvgIpc) is 3.03. The van der Waals surface area contributed by atoms with E-state index >= 15 is 0 Å². The third-order valence-electron chi connectivity index (χ3n) is 4.99. The molecule has 2 amide bonds. The third kappa shape index (κ3) is 4.80. The van der Waals surface area contributed by atoms with Crippen LogP contribution in [-0.2, 0) is 0 Å². The van der Waals surface area contributed by atoms with E-state index in [4.69, 9.17) is 9.47 Å². The number of amides is 2. The summed E-state index contributed by atoms with van der Waals surface area (Å²) in [5.74, 6) is 1.59. The molecule has 0 unspecified atom stereocenters. The SMILES string of the molecule is C[NH+]1CC[NH+]([C@@H](CNC(=O)NC(C)(C)C)c2ccc3c(c2)OCO3)CC1. The monoisotopic (exact) mass is 364 g/mol. The molecule has 1 fully saturated rings. The van der Waals surface area contributed by atoms with Gasteiger partial charge in [0.1, 0.15) is 32.2 Å². The van der Waals surface area contributed by atoms with Crippen LogP contribution >= 0.6 is 0 Å². The van der Waals surface area contributed by atoms with E-state index in [0.717, 1.165) is 37.7 Å². The van der Waals surface area contributed by atoms with Gasteiger partial charge in [0.15, 0.2) is 11.5 Å². The maximum absolute atomic E-state index is 12.2. The quantitative estimate of drug-likeness (QED) is 0.552. The van der Waals surface area contributed by atoms with Crippen molar-refractivity contribution in [3.8, 4) is 11.5 Å². The minimum atomic E-state index is -0.248. The lowest BCUT2D eigenvalue weighted by molar-refractivity contribution is -1.02. The topological polar surface area (TPSA) is 68.5 Å². The zero-order valence-corrected chi connectivity index (χ0v) is 16.3. The van der Waals surface area contributed by atoms with E-state index in [1.807, 2.05) is 26.8 Å². The van der Waals surface area contributed by atoms with Crippen LogP contribution in [-0.4, -0.2) is 58.1 Å². The predicted octanol–water partition coefficient (Wildman–Crippen LogP) is -1.03. The van der Waals surface area contributed by atoms with Crippen molar-refractivity contribution < 1.29 is 24.1 Å². The summed E-state index contributed by atoms with van der Waals surface area (Å²) in [5.41, 5.74) is 0.933. The number of carbonyl (C=O) groups is 1. The summed E-state index contributed by atoms with van der Waals surface area (Å²) in [6, 6.07) is 6.21. The van der Waals surface area contributed by atoms with Gasteiger partial charge in [0, 0.05) is 11.1 Å². The standard InChI is InChI=1S/C19H30N4O3/c1-19(2,3)21-18(24)20-12-15(23-9-7-22(4)8-10-23)14-5-6-16-17(11-14)26-13-25-16/h5-6,11,15H,7-10,12-13H2,1-4H3,(H2,20,21,24)/p+2/t15-/m0/s1. The van der Waals surface area contributed by atoms with E-state index in [1.54, 1.807) is 4.90 Å². The molecule has 0 aromatic heterocycles. The normalized spacial score (nSPS) is 23.4. The van der Waals surface area contributed by atoms with Gasteiger partial charge in [-0.05, 0) is 39.0 Å². The van der Waals surface area contributed by atoms with Crippen LogP contribution in [0.15, 0.2) is 18.2 Å². The van der Waals surface area contributed by atoms with Gasteiger partial charge in [-0.1, -0.05) is 0 Å². The number of nitrogens with one attached hydrogen (secondary N) is 4. The number of quaternary nitrogens is 2. The Balaban J connectivity index is 1.72. The molecule has 0 radical (unpaired) electrons. The van der Waals surface area contributed by atoms with Gasteiger partial charge in [-0.25, -0.2) is 4.79 Å². The minimum absolute atomic E-state index is 0.123. The summed E-state index contributed by atoms with van der Waals surface area (Å²) in [4.78, 5) is 15.3. The second-order valence-electron chi connectivity index (χ2n) is 8.37.